The molecule has 0 saturated heterocycles. The molecule has 2 nitrogen and oxygen atoms in total. The summed E-state index contributed by atoms with van der Waals surface area (Å²) in [6.45, 7) is 6.86. The molecule has 0 aliphatic carbocycles. The van der Waals surface area contributed by atoms with Gasteiger partial charge in [0, 0.05) is 17.7 Å². The van der Waals surface area contributed by atoms with Crippen LogP contribution < -0.4 is 5.32 Å². The summed E-state index contributed by atoms with van der Waals surface area (Å²) in [7, 11) is 1.90. The van der Waals surface area contributed by atoms with Crippen molar-refractivity contribution in [3.63, 3.8) is 0 Å². The van der Waals surface area contributed by atoms with Crippen molar-refractivity contribution in [2.75, 3.05) is 13.7 Å². The van der Waals surface area contributed by atoms with Gasteiger partial charge in [-0.15, -0.1) is 0 Å². The van der Waals surface area contributed by atoms with Crippen molar-refractivity contribution in [1.29, 1.82) is 0 Å². The fraction of sp³-hybridized carbons (Fsp3) is 0.625. The highest BCUT2D eigenvalue weighted by molar-refractivity contribution is 6.30. The van der Waals surface area contributed by atoms with E-state index in [0.29, 0.717) is 23.6 Å². The molecule has 0 radical (unpaired) electrons. The fourth-order valence-electron chi connectivity index (χ4n) is 2.81. The van der Waals surface area contributed by atoms with Crippen molar-refractivity contribution < 1.29 is 9.13 Å². The summed E-state index contributed by atoms with van der Waals surface area (Å²) < 4.78 is 19.9. The summed E-state index contributed by atoms with van der Waals surface area (Å²) in [6, 6.07) is 4.74. The molecule has 0 fully saturated rings. The highest BCUT2D eigenvalue weighted by atomic mass is 35.5. The van der Waals surface area contributed by atoms with Gasteiger partial charge in [-0.1, -0.05) is 25.4 Å². The molecule has 114 valence electrons. The molecule has 0 spiro atoms. The van der Waals surface area contributed by atoms with Gasteiger partial charge >= 0.3 is 0 Å². The molecule has 1 rings (SSSR count). The molecule has 1 aromatic rings. The van der Waals surface area contributed by atoms with Crippen molar-refractivity contribution in [3.05, 3.63) is 34.6 Å². The zero-order chi connectivity index (χ0) is 15.2. The molecule has 0 aromatic heterocycles. The molecule has 0 saturated carbocycles. The van der Waals surface area contributed by atoms with E-state index in [-0.39, 0.29) is 17.5 Å². The van der Waals surface area contributed by atoms with Gasteiger partial charge in [-0.2, -0.15) is 0 Å². The Labute approximate surface area is 126 Å². The first kappa shape index (κ1) is 17.4. The summed E-state index contributed by atoms with van der Waals surface area (Å²) in [4.78, 5) is 0. The number of hydrogen-bond acceptors (Lipinski definition) is 2. The van der Waals surface area contributed by atoms with Crippen LogP contribution in [0.25, 0.3) is 0 Å². The standard InChI is InChI=1S/C16H25ClFNO/c1-5-16(6-2,20-7-3)15(19-4)11-12-10-13(17)8-9-14(12)18/h8-10,15,19H,5-7,11H2,1-4H3. The van der Waals surface area contributed by atoms with Crippen LogP contribution in [0, 0.1) is 5.82 Å². The third kappa shape index (κ3) is 3.94. The summed E-state index contributed by atoms with van der Waals surface area (Å²) in [5.41, 5.74) is 0.348. The lowest BCUT2D eigenvalue weighted by Crippen LogP contribution is -2.52. The summed E-state index contributed by atoms with van der Waals surface area (Å²) in [5.74, 6) is -0.216. The van der Waals surface area contributed by atoms with E-state index in [1.165, 1.54) is 6.07 Å². The minimum Gasteiger partial charge on any atom is -0.374 e. The lowest BCUT2D eigenvalue weighted by atomic mass is 9.84. The third-order valence-corrected chi connectivity index (χ3v) is 4.28. The van der Waals surface area contributed by atoms with Crippen LogP contribution in [-0.2, 0) is 11.2 Å². The van der Waals surface area contributed by atoms with Crippen molar-refractivity contribution >= 4 is 11.6 Å². The maximum absolute atomic E-state index is 13.9. The SMILES string of the molecule is CCOC(CC)(CC)C(Cc1cc(Cl)ccc1F)NC. The van der Waals surface area contributed by atoms with Gasteiger partial charge < -0.3 is 10.1 Å². The average Bonchev–Trinajstić information content (AvgIpc) is 2.46. The fourth-order valence-corrected chi connectivity index (χ4v) is 3.00. The Bertz CT molecular complexity index is 421. The van der Waals surface area contributed by atoms with Crippen molar-refractivity contribution in [2.45, 2.75) is 51.7 Å². The van der Waals surface area contributed by atoms with Crippen LogP contribution in [0.5, 0.6) is 0 Å². The average molecular weight is 302 g/mol. The molecule has 1 atom stereocenters. The Kier molecular flexibility index (Phi) is 6.93. The predicted octanol–water partition coefficient (Wildman–Crippen LogP) is 4.20. The van der Waals surface area contributed by atoms with E-state index in [4.69, 9.17) is 16.3 Å². The lowest BCUT2D eigenvalue weighted by molar-refractivity contribution is -0.0704. The van der Waals surface area contributed by atoms with E-state index in [9.17, 15) is 4.39 Å². The van der Waals surface area contributed by atoms with Gasteiger partial charge in [-0.3, -0.25) is 0 Å². The number of ether oxygens (including phenoxy) is 1. The Morgan fingerprint density at radius 1 is 1.30 bits per heavy atom. The van der Waals surface area contributed by atoms with Gasteiger partial charge in [0.05, 0.1) is 5.60 Å². The number of nitrogens with one attached hydrogen (secondary N) is 1. The number of hydrogen-bond donors (Lipinski definition) is 1. The van der Waals surface area contributed by atoms with Crippen molar-refractivity contribution in [2.24, 2.45) is 0 Å². The highest BCUT2D eigenvalue weighted by Gasteiger charge is 2.36. The quantitative estimate of drug-likeness (QED) is 0.777. The van der Waals surface area contributed by atoms with E-state index in [2.05, 4.69) is 19.2 Å². The number of rotatable bonds is 8. The third-order valence-electron chi connectivity index (χ3n) is 4.04. The van der Waals surface area contributed by atoms with Gasteiger partial charge in [0.15, 0.2) is 0 Å². The second kappa shape index (κ2) is 7.96. The van der Waals surface area contributed by atoms with Crippen LogP contribution in [0.2, 0.25) is 5.02 Å². The molecule has 0 aliphatic heterocycles. The largest absolute Gasteiger partial charge is 0.374 e. The molecule has 1 aromatic carbocycles. The molecule has 0 amide bonds. The first-order chi connectivity index (χ1) is 9.52. The zero-order valence-corrected chi connectivity index (χ0v) is 13.6. The molecule has 20 heavy (non-hydrogen) atoms. The number of likely N-dealkylation sites (N-methyl/N-ethyl adjacent to an activating group) is 1. The van der Waals surface area contributed by atoms with Crippen LogP contribution in [0.1, 0.15) is 39.2 Å². The van der Waals surface area contributed by atoms with Crippen molar-refractivity contribution in [3.8, 4) is 0 Å². The molecular weight excluding hydrogens is 277 g/mol. The zero-order valence-electron chi connectivity index (χ0n) is 12.8. The Morgan fingerprint density at radius 2 is 1.95 bits per heavy atom. The van der Waals surface area contributed by atoms with Crippen molar-refractivity contribution in [1.82, 2.24) is 5.32 Å². The second-order valence-electron chi connectivity index (χ2n) is 4.99. The smallest absolute Gasteiger partial charge is 0.126 e. The molecule has 0 bridgehead atoms. The molecule has 1 N–H and O–H groups in total. The summed E-state index contributed by atoms with van der Waals surface area (Å²) in [5, 5.41) is 3.85. The van der Waals surface area contributed by atoms with Crippen LogP contribution in [0.15, 0.2) is 18.2 Å². The molecule has 4 heteroatoms. The lowest BCUT2D eigenvalue weighted by Gasteiger charge is -2.39. The normalized spacial score (nSPS) is 13.5. The van der Waals surface area contributed by atoms with Gasteiger partial charge in [0.2, 0.25) is 0 Å². The number of benzene rings is 1. The van der Waals surface area contributed by atoms with Crippen LogP contribution in [0.4, 0.5) is 4.39 Å². The Morgan fingerprint density at radius 3 is 2.45 bits per heavy atom. The van der Waals surface area contributed by atoms with Gasteiger partial charge in [-0.05, 0) is 57.0 Å². The van der Waals surface area contributed by atoms with E-state index in [1.807, 2.05) is 14.0 Å². The minimum absolute atomic E-state index is 0.0467. The van der Waals surface area contributed by atoms with E-state index >= 15 is 0 Å². The van der Waals surface area contributed by atoms with Crippen LogP contribution in [-0.4, -0.2) is 25.3 Å². The highest BCUT2D eigenvalue weighted by Crippen LogP contribution is 2.28. The van der Waals surface area contributed by atoms with Gasteiger partial charge in [0.1, 0.15) is 5.82 Å². The van der Waals surface area contributed by atoms with Gasteiger partial charge in [0.25, 0.3) is 0 Å². The van der Waals surface area contributed by atoms with E-state index in [1.54, 1.807) is 12.1 Å². The first-order valence-electron chi connectivity index (χ1n) is 7.28. The molecule has 0 aliphatic rings. The second-order valence-corrected chi connectivity index (χ2v) is 5.42. The summed E-state index contributed by atoms with van der Waals surface area (Å²) >= 11 is 5.97. The van der Waals surface area contributed by atoms with E-state index in [0.717, 1.165) is 12.8 Å². The maximum Gasteiger partial charge on any atom is 0.126 e. The number of halogens is 2. The van der Waals surface area contributed by atoms with E-state index < -0.39 is 0 Å². The summed E-state index contributed by atoms with van der Waals surface area (Å²) in [6.07, 6.45) is 2.32. The minimum atomic E-state index is -0.280. The predicted molar refractivity (Wildman–Crippen MR) is 82.9 cm³/mol. The molecular formula is C16H25ClFNO. The Hall–Kier alpha value is -0.640. The topological polar surface area (TPSA) is 21.3 Å². The van der Waals surface area contributed by atoms with Crippen LogP contribution >= 0.6 is 11.6 Å². The molecule has 0 heterocycles. The Balaban J connectivity index is 3.02. The monoisotopic (exact) mass is 301 g/mol. The van der Waals surface area contributed by atoms with Gasteiger partial charge in [-0.25, -0.2) is 4.39 Å². The molecule has 1 unspecified atom stereocenters. The van der Waals surface area contributed by atoms with Crippen LogP contribution in [0.3, 0.4) is 0 Å². The first-order valence-corrected chi connectivity index (χ1v) is 7.65. The maximum atomic E-state index is 13.9.